The zero-order chi connectivity index (χ0) is 17.1. The monoisotopic (exact) mass is 509 g/mol. The van der Waals surface area contributed by atoms with Crippen LogP contribution in [0.4, 0.5) is 5.69 Å². The van der Waals surface area contributed by atoms with Crippen LogP contribution >= 0.6 is 47.8 Å². The molecule has 0 radical (unpaired) electrons. The molecular weight excluding hydrogens is 498 g/mol. The molecule has 0 aromatic heterocycles. The van der Waals surface area contributed by atoms with Gasteiger partial charge in [0.15, 0.2) is 0 Å². The smallest absolute Gasteiger partial charge is 0.148 e. The van der Waals surface area contributed by atoms with Crippen molar-refractivity contribution < 1.29 is 4.74 Å². The maximum Gasteiger partial charge on any atom is 0.148 e. The number of hydrogen-bond acceptors (Lipinski definition) is 2. The number of hydrogen-bond donors (Lipinski definition) is 0. The first-order valence-corrected chi connectivity index (χ1v) is 9.82. The molecule has 122 valence electrons. The van der Waals surface area contributed by atoms with E-state index in [0.29, 0.717) is 6.61 Å². The minimum absolute atomic E-state index is 0.596. The molecule has 0 aliphatic heterocycles. The SMILES string of the molecule is CCOc1c(Br)cc(Br)c(C=Nc2cccc3ccccc23)c1Br. The first kappa shape index (κ1) is 17.6. The van der Waals surface area contributed by atoms with Crippen LogP contribution in [0.5, 0.6) is 5.75 Å². The third kappa shape index (κ3) is 3.58. The average molecular weight is 512 g/mol. The molecule has 5 heteroatoms. The number of halogens is 3. The van der Waals surface area contributed by atoms with Crippen molar-refractivity contribution in [2.24, 2.45) is 4.99 Å². The molecule has 0 atom stereocenters. The van der Waals surface area contributed by atoms with Gasteiger partial charge in [-0.05, 0) is 56.3 Å². The van der Waals surface area contributed by atoms with Gasteiger partial charge in [-0.25, -0.2) is 0 Å². The van der Waals surface area contributed by atoms with E-state index in [9.17, 15) is 0 Å². The van der Waals surface area contributed by atoms with Crippen LogP contribution in [0.1, 0.15) is 12.5 Å². The van der Waals surface area contributed by atoms with Crippen molar-refractivity contribution in [2.75, 3.05) is 6.61 Å². The van der Waals surface area contributed by atoms with Crippen molar-refractivity contribution in [3.8, 4) is 5.75 Å². The van der Waals surface area contributed by atoms with Gasteiger partial charge in [-0.15, -0.1) is 0 Å². The van der Waals surface area contributed by atoms with Crippen molar-refractivity contribution in [1.82, 2.24) is 0 Å². The Labute approximate surface area is 166 Å². The number of ether oxygens (including phenoxy) is 1. The van der Waals surface area contributed by atoms with Crippen molar-refractivity contribution in [2.45, 2.75) is 6.92 Å². The normalized spacial score (nSPS) is 11.3. The standard InChI is InChI=1S/C19H14Br3NO/c1-2-24-19-16(21)10-15(20)14(18(19)22)11-23-17-9-5-7-12-6-3-4-8-13(12)17/h3-11H,2H2,1H3. The van der Waals surface area contributed by atoms with E-state index in [1.807, 2.05) is 43.5 Å². The molecule has 0 aliphatic carbocycles. The van der Waals surface area contributed by atoms with Crippen LogP contribution in [-0.2, 0) is 0 Å². The summed E-state index contributed by atoms with van der Waals surface area (Å²) in [6.07, 6.45) is 1.85. The molecule has 0 bridgehead atoms. The number of aliphatic imine (C=N–C) groups is 1. The number of rotatable bonds is 4. The molecular formula is C19H14Br3NO. The molecule has 0 heterocycles. The van der Waals surface area contributed by atoms with Crippen LogP contribution in [0.3, 0.4) is 0 Å². The highest BCUT2D eigenvalue weighted by Crippen LogP contribution is 2.40. The van der Waals surface area contributed by atoms with Gasteiger partial charge in [0.2, 0.25) is 0 Å². The average Bonchev–Trinajstić information content (AvgIpc) is 2.58. The van der Waals surface area contributed by atoms with Gasteiger partial charge in [-0.2, -0.15) is 0 Å². The summed E-state index contributed by atoms with van der Waals surface area (Å²) in [6.45, 7) is 2.56. The number of fused-ring (bicyclic) bond motifs is 1. The van der Waals surface area contributed by atoms with Crippen molar-refractivity contribution >= 4 is 70.5 Å². The molecule has 0 saturated carbocycles. The second-order valence-electron chi connectivity index (χ2n) is 5.09. The lowest BCUT2D eigenvalue weighted by molar-refractivity contribution is 0.336. The summed E-state index contributed by atoms with van der Waals surface area (Å²) in [4.78, 5) is 4.70. The summed E-state index contributed by atoms with van der Waals surface area (Å²) in [6, 6.07) is 16.3. The fourth-order valence-corrected chi connectivity index (χ4v) is 4.99. The minimum atomic E-state index is 0.596. The molecule has 3 rings (SSSR count). The highest BCUT2D eigenvalue weighted by atomic mass is 79.9. The molecule has 0 unspecified atom stereocenters. The van der Waals surface area contributed by atoms with Crippen LogP contribution in [0, 0.1) is 0 Å². The van der Waals surface area contributed by atoms with Crippen LogP contribution < -0.4 is 4.74 Å². The van der Waals surface area contributed by atoms with Crippen LogP contribution in [-0.4, -0.2) is 12.8 Å². The Balaban J connectivity index is 2.07. The summed E-state index contributed by atoms with van der Waals surface area (Å²) in [7, 11) is 0. The van der Waals surface area contributed by atoms with Crippen molar-refractivity contribution in [1.29, 1.82) is 0 Å². The summed E-state index contributed by atoms with van der Waals surface area (Å²) in [5.74, 6) is 0.778. The van der Waals surface area contributed by atoms with Crippen LogP contribution in [0.2, 0.25) is 0 Å². The first-order chi connectivity index (χ1) is 11.6. The van der Waals surface area contributed by atoms with E-state index in [1.165, 1.54) is 5.39 Å². The van der Waals surface area contributed by atoms with Crippen molar-refractivity contribution in [3.63, 3.8) is 0 Å². The first-order valence-electron chi connectivity index (χ1n) is 7.44. The lowest BCUT2D eigenvalue weighted by Gasteiger charge is -2.12. The van der Waals surface area contributed by atoms with Crippen LogP contribution in [0.15, 0.2) is 66.9 Å². The summed E-state index contributed by atoms with van der Waals surface area (Å²) >= 11 is 10.8. The summed E-state index contributed by atoms with van der Waals surface area (Å²) in [5.41, 5.74) is 1.88. The number of nitrogens with zero attached hydrogens (tertiary/aromatic N) is 1. The fraction of sp³-hybridized carbons (Fsp3) is 0.105. The third-order valence-corrected chi connectivity index (χ3v) is 5.58. The zero-order valence-electron chi connectivity index (χ0n) is 12.9. The fourth-order valence-electron chi connectivity index (χ4n) is 2.44. The van der Waals surface area contributed by atoms with E-state index < -0.39 is 0 Å². The van der Waals surface area contributed by atoms with E-state index in [0.717, 1.165) is 35.8 Å². The van der Waals surface area contributed by atoms with Gasteiger partial charge in [0.25, 0.3) is 0 Å². The molecule has 0 fully saturated rings. The second-order valence-corrected chi connectivity index (χ2v) is 7.59. The highest BCUT2D eigenvalue weighted by molar-refractivity contribution is 9.11. The maximum atomic E-state index is 5.71. The Morgan fingerprint density at radius 1 is 1.00 bits per heavy atom. The van der Waals surface area contributed by atoms with E-state index in [4.69, 9.17) is 9.73 Å². The van der Waals surface area contributed by atoms with E-state index in [2.05, 4.69) is 66.0 Å². The molecule has 0 N–H and O–H groups in total. The Kier molecular flexibility index (Phi) is 5.74. The van der Waals surface area contributed by atoms with Gasteiger partial charge >= 0.3 is 0 Å². The molecule has 0 saturated heterocycles. The molecule has 24 heavy (non-hydrogen) atoms. The van der Waals surface area contributed by atoms with Gasteiger partial charge in [-0.1, -0.05) is 52.3 Å². The Morgan fingerprint density at radius 2 is 1.75 bits per heavy atom. The molecule has 3 aromatic rings. The predicted octanol–water partition coefficient (Wildman–Crippen LogP) is 7.28. The van der Waals surface area contributed by atoms with Crippen LogP contribution in [0.25, 0.3) is 10.8 Å². The molecule has 0 amide bonds. The number of benzene rings is 3. The highest BCUT2D eigenvalue weighted by Gasteiger charge is 2.14. The molecule has 3 aromatic carbocycles. The van der Waals surface area contributed by atoms with Gasteiger partial charge < -0.3 is 4.74 Å². The van der Waals surface area contributed by atoms with Crippen molar-refractivity contribution in [3.05, 3.63) is 67.5 Å². The van der Waals surface area contributed by atoms with Gasteiger partial charge in [0.05, 0.1) is 21.2 Å². The van der Waals surface area contributed by atoms with Gasteiger partial charge in [-0.3, -0.25) is 4.99 Å². The topological polar surface area (TPSA) is 21.6 Å². The van der Waals surface area contributed by atoms with Gasteiger partial charge in [0.1, 0.15) is 5.75 Å². The maximum absolute atomic E-state index is 5.71. The lowest BCUT2D eigenvalue weighted by Crippen LogP contribution is -1.97. The third-order valence-electron chi connectivity index (χ3n) is 3.55. The predicted molar refractivity (Wildman–Crippen MR) is 112 cm³/mol. The summed E-state index contributed by atoms with van der Waals surface area (Å²) in [5, 5.41) is 2.31. The molecule has 0 aliphatic rings. The summed E-state index contributed by atoms with van der Waals surface area (Å²) < 4.78 is 8.41. The zero-order valence-corrected chi connectivity index (χ0v) is 17.7. The second kappa shape index (κ2) is 7.81. The minimum Gasteiger partial charge on any atom is -0.491 e. The molecule has 2 nitrogen and oxygen atoms in total. The Hall–Kier alpha value is -1.17. The lowest BCUT2D eigenvalue weighted by atomic mass is 10.1. The van der Waals surface area contributed by atoms with E-state index >= 15 is 0 Å². The Morgan fingerprint density at radius 3 is 2.54 bits per heavy atom. The van der Waals surface area contributed by atoms with E-state index in [-0.39, 0.29) is 0 Å². The van der Waals surface area contributed by atoms with Gasteiger partial charge in [0, 0.05) is 21.6 Å². The molecule has 0 spiro atoms. The quantitative estimate of drug-likeness (QED) is 0.337. The Bertz CT molecular complexity index is 917. The van der Waals surface area contributed by atoms with E-state index in [1.54, 1.807) is 0 Å². The largest absolute Gasteiger partial charge is 0.491 e.